The summed E-state index contributed by atoms with van der Waals surface area (Å²) in [5.74, 6) is -0.125. The van der Waals surface area contributed by atoms with Crippen molar-refractivity contribution in [2.75, 3.05) is 17.2 Å². The normalized spacial score (nSPS) is 13.2. The Labute approximate surface area is 216 Å². The minimum absolute atomic E-state index is 0.125. The van der Waals surface area contributed by atoms with Gasteiger partial charge >= 0.3 is 0 Å². The van der Waals surface area contributed by atoms with Crippen LogP contribution < -0.4 is 10.6 Å². The van der Waals surface area contributed by atoms with Gasteiger partial charge in [0.05, 0.1) is 5.69 Å². The highest BCUT2D eigenvalue weighted by Gasteiger charge is 2.21. The molecule has 0 aliphatic carbocycles. The fourth-order valence-electron chi connectivity index (χ4n) is 4.90. The number of hydrogen-bond acceptors (Lipinski definition) is 5. The Balaban J connectivity index is 1.21. The van der Waals surface area contributed by atoms with Crippen LogP contribution in [0.5, 0.6) is 0 Å². The predicted molar refractivity (Wildman–Crippen MR) is 148 cm³/mol. The van der Waals surface area contributed by atoms with E-state index in [-0.39, 0.29) is 5.91 Å². The van der Waals surface area contributed by atoms with Gasteiger partial charge in [-0.15, -0.1) is 0 Å². The average molecular weight is 486 g/mol. The zero-order valence-electron chi connectivity index (χ0n) is 20.4. The minimum Gasteiger partial charge on any atom is -0.355 e. The van der Waals surface area contributed by atoms with Gasteiger partial charge in [-0.2, -0.15) is 0 Å². The van der Waals surface area contributed by atoms with E-state index in [1.54, 1.807) is 18.3 Å². The molecule has 6 rings (SSSR count). The van der Waals surface area contributed by atoms with Gasteiger partial charge in [-0.1, -0.05) is 48.5 Å². The number of anilines is 3. The molecule has 0 saturated carbocycles. The number of fused-ring (bicyclic) bond motifs is 3. The predicted octanol–water partition coefficient (Wildman–Crippen LogP) is 6.18. The summed E-state index contributed by atoms with van der Waals surface area (Å²) in [7, 11) is 0. The summed E-state index contributed by atoms with van der Waals surface area (Å²) < 4.78 is 0. The lowest BCUT2D eigenvalue weighted by molar-refractivity contribution is 0.102. The Morgan fingerprint density at radius 3 is 2.35 bits per heavy atom. The van der Waals surface area contributed by atoms with Crippen LogP contribution in [0, 0.1) is 0 Å². The maximum atomic E-state index is 12.5. The summed E-state index contributed by atoms with van der Waals surface area (Å²) in [6.07, 6.45) is 4.73. The summed E-state index contributed by atoms with van der Waals surface area (Å²) in [6.45, 7) is 2.80. The quantitative estimate of drug-likeness (QED) is 0.300. The summed E-state index contributed by atoms with van der Waals surface area (Å²) in [5, 5.41) is 7.59. The van der Waals surface area contributed by atoms with Gasteiger partial charge < -0.3 is 10.6 Å². The van der Waals surface area contributed by atoms with Crippen molar-refractivity contribution in [1.29, 1.82) is 0 Å². The van der Waals surface area contributed by atoms with Gasteiger partial charge in [-0.05, 0) is 65.6 Å². The van der Waals surface area contributed by atoms with Gasteiger partial charge in [-0.3, -0.25) is 9.69 Å². The van der Waals surface area contributed by atoms with Gasteiger partial charge in [0.1, 0.15) is 0 Å². The van der Waals surface area contributed by atoms with Gasteiger partial charge in [0.2, 0.25) is 0 Å². The van der Waals surface area contributed by atoms with Gasteiger partial charge in [-0.25, -0.2) is 9.97 Å². The summed E-state index contributed by atoms with van der Waals surface area (Å²) in [4.78, 5) is 24.2. The third-order valence-electron chi connectivity index (χ3n) is 6.74. The van der Waals surface area contributed by atoms with Crippen molar-refractivity contribution in [1.82, 2.24) is 14.9 Å². The number of rotatable bonds is 6. The van der Waals surface area contributed by atoms with Crippen molar-refractivity contribution < 1.29 is 4.79 Å². The van der Waals surface area contributed by atoms with E-state index in [4.69, 9.17) is 0 Å². The zero-order chi connectivity index (χ0) is 25.0. The molecule has 3 heterocycles. The van der Waals surface area contributed by atoms with Crippen LogP contribution >= 0.6 is 0 Å². The highest BCUT2D eigenvalue weighted by Crippen LogP contribution is 2.32. The third kappa shape index (κ3) is 5.06. The monoisotopic (exact) mass is 485 g/mol. The van der Waals surface area contributed by atoms with Crippen molar-refractivity contribution in [2.45, 2.75) is 19.5 Å². The maximum Gasteiger partial charge on any atom is 0.255 e. The number of carbonyl (C=O) groups excluding carboxylic acids is 1. The average Bonchev–Trinajstić information content (AvgIpc) is 2.95. The van der Waals surface area contributed by atoms with Gasteiger partial charge in [0.25, 0.3) is 5.91 Å². The van der Waals surface area contributed by atoms with Crippen LogP contribution in [0.4, 0.5) is 17.1 Å². The second-order valence-corrected chi connectivity index (χ2v) is 9.29. The second kappa shape index (κ2) is 10.2. The van der Waals surface area contributed by atoms with Crippen LogP contribution in [0.2, 0.25) is 0 Å². The molecule has 1 aliphatic heterocycles. The Hall–Kier alpha value is -4.55. The molecule has 182 valence electrons. The smallest absolute Gasteiger partial charge is 0.255 e. The first kappa shape index (κ1) is 22.9. The van der Waals surface area contributed by atoms with E-state index in [1.807, 2.05) is 54.7 Å². The molecule has 1 amide bonds. The molecule has 6 heteroatoms. The number of benzene rings is 3. The van der Waals surface area contributed by atoms with Crippen molar-refractivity contribution in [3.8, 4) is 0 Å². The Bertz CT molecular complexity index is 1540. The van der Waals surface area contributed by atoms with E-state index in [0.29, 0.717) is 5.56 Å². The standard InChI is InChI=1S/C31H27N5O/c37-31(23-9-5-2-6-10-23)35-26-13-11-25(12-14-26)34-28-15-17-32-30-29(28)27-16-18-36(21-24(27)19-33-30)20-22-7-3-1-4-8-22/h1-15,17,19H,16,18,20-21H2,(H,35,37)(H,32,33,34). The highest BCUT2D eigenvalue weighted by atomic mass is 16.1. The summed E-state index contributed by atoms with van der Waals surface area (Å²) in [6, 6.07) is 29.6. The Morgan fingerprint density at radius 2 is 1.57 bits per heavy atom. The molecule has 6 nitrogen and oxygen atoms in total. The van der Waals surface area contributed by atoms with Crippen LogP contribution in [0.25, 0.3) is 11.0 Å². The minimum atomic E-state index is -0.125. The molecule has 0 fully saturated rings. The summed E-state index contributed by atoms with van der Waals surface area (Å²) in [5.41, 5.74) is 7.96. The highest BCUT2D eigenvalue weighted by molar-refractivity contribution is 6.04. The lowest BCUT2D eigenvalue weighted by Crippen LogP contribution is -2.30. The number of hydrogen-bond donors (Lipinski definition) is 2. The van der Waals surface area contributed by atoms with Crippen molar-refractivity contribution >= 4 is 34.0 Å². The molecule has 0 spiro atoms. The van der Waals surface area contributed by atoms with E-state index in [2.05, 4.69) is 55.8 Å². The number of amides is 1. The molecule has 1 aliphatic rings. The van der Waals surface area contributed by atoms with E-state index in [9.17, 15) is 4.79 Å². The number of nitrogens with zero attached hydrogens (tertiary/aromatic N) is 3. The van der Waals surface area contributed by atoms with Crippen LogP contribution in [-0.2, 0) is 19.5 Å². The molecule has 0 radical (unpaired) electrons. The SMILES string of the molecule is O=C(Nc1ccc(Nc2ccnc3ncc4c(c23)CCN(Cc2ccccc2)C4)cc1)c1ccccc1. The lowest BCUT2D eigenvalue weighted by Gasteiger charge is -2.29. The summed E-state index contributed by atoms with van der Waals surface area (Å²) >= 11 is 0. The number of nitrogens with one attached hydrogen (secondary N) is 2. The van der Waals surface area contributed by atoms with Gasteiger partial charge in [0, 0.05) is 54.4 Å². The Kier molecular flexibility index (Phi) is 6.31. The Morgan fingerprint density at radius 1 is 0.838 bits per heavy atom. The molecule has 3 aromatic carbocycles. The first-order valence-electron chi connectivity index (χ1n) is 12.5. The molecular formula is C31H27N5O. The zero-order valence-corrected chi connectivity index (χ0v) is 20.4. The fourth-order valence-corrected chi connectivity index (χ4v) is 4.90. The molecule has 2 aromatic heterocycles. The molecule has 0 unspecified atom stereocenters. The number of pyridine rings is 2. The van der Waals surface area contributed by atoms with Crippen LogP contribution in [0.1, 0.15) is 27.0 Å². The van der Waals surface area contributed by atoms with E-state index in [0.717, 1.165) is 54.2 Å². The van der Waals surface area contributed by atoms with E-state index < -0.39 is 0 Å². The molecule has 0 atom stereocenters. The van der Waals surface area contributed by atoms with Crippen molar-refractivity contribution in [2.24, 2.45) is 0 Å². The van der Waals surface area contributed by atoms with Crippen molar-refractivity contribution in [3.63, 3.8) is 0 Å². The molecule has 0 saturated heterocycles. The number of carbonyl (C=O) groups is 1. The van der Waals surface area contributed by atoms with Crippen LogP contribution in [-0.4, -0.2) is 27.3 Å². The molecular weight excluding hydrogens is 458 g/mol. The first-order chi connectivity index (χ1) is 18.2. The third-order valence-corrected chi connectivity index (χ3v) is 6.74. The molecule has 0 bridgehead atoms. The van der Waals surface area contributed by atoms with Gasteiger partial charge in [0.15, 0.2) is 5.65 Å². The lowest BCUT2D eigenvalue weighted by atomic mass is 9.96. The fraction of sp³-hybridized carbons (Fsp3) is 0.129. The molecule has 37 heavy (non-hydrogen) atoms. The van der Waals surface area contributed by atoms with Crippen LogP contribution in [0.3, 0.4) is 0 Å². The van der Waals surface area contributed by atoms with Crippen LogP contribution in [0.15, 0.2) is 103 Å². The molecule has 2 N–H and O–H groups in total. The maximum absolute atomic E-state index is 12.5. The second-order valence-electron chi connectivity index (χ2n) is 9.29. The number of aromatic nitrogens is 2. The largest absolute Gasteiger partial charge is 0.355 e. The van der Waals surface area contributed by atoms with E-state index in [1.165, 1.54) is 16.7 Å². The molecule has 5 aromatic rings. The van der Waals surface area contributed by atoms with Crippen molar-refractivity contribution in [3.05, 3.63) is 126 Å². The first-order valence-corrected chi connectivity index (χ1v) is 12.5. The topological polar surface area (TPSA) is 70.1 Å². The van der Waals surface area contributed by atoms with E-state index >= 15 is 0 Å².